The maximum Gasteiger partial charge on any atom is 0.356 e. The summed E-state index contributed by atoms with van der Waals surface area (Å²) in [5, 5.41) is 14.1. The average Bonchev–Trinajstić information content (AvgIpc) is 2.47. The third-order valence-corrected chi connectivity index (χ3v) is 3.31. The third kappa shape index (κ3) is 3.96. The zero-order valence-corrected chi connectivity index (χ0v) is 12.0. The largest absolute Gasteiger partial charge is 0.476 e. The van der Waals surface area contributed by atoms with E-state index in [1.165, 1.54) is 12.3 Å². The number of carbonyl (C=O) groups is 2. The zero-order chi connectivity index (χ0) is 15.2. The molecule has 108 valence electrons. The van der Waals surface area contributed by atoms with Gasteiger partial charge in [-0.1, -0.05) is 6.07 Å². The lowest BCUT2D eigenvalue weighted by molar-refractivity contribution is 0.0692. The molecule has 0 bridgehead atoms. The Kier molecular flexibility index (Phi) is 4.78. The highest BCUT2D eigenvalue weighted by Gasteiger charge is 2.13. The minimum absolute atomic E-state index is 0.142. The number of hydrogen-bond donors (Lipinski definition) is 3. The Labute approximate surface area is 125 Å². The van der Waals surface area contributed by atoms with Crippen molar-refractivity contribution in [3.8, 4) is 0 Å². The van der Waals surface area contributed by atoms with Crippen molar-refractivity contribution < 1.29 is 14.7 Å². The quantitative estimate of drug-likeness (QED) is 0.755. The molecule has 2 aromatic rings. The van der Waals surface area contributed by atoms with Gasteiger partial charge in [0.2, 0.25) is 0 Å². The van der Waals surface area contributed by atoms with Gasteiger partial charge in [-0.2, -0.15) is 0 Å². The lowest BCUT2D eigenvalue weighted by atomic mass is 10.3. The van der Waals surface area contributed by atoms with Crippen molar-refractivity contribution in [3.63, 3.8) is 0 Å². The fraction of sp³-hybridized carbons (Fsp3) is 0.0714. The molecule has 0 atom stereocenters. The Hall–Kier alpha value is -2.54. The number of aromatic nitrogens is 1. The van der Waals surface area contributed by atoms with Crippen molar-refractivity contribution >= 4 is 35.1 Å². The number of amides is 2. The van der Waals surface area contributed by atoms with Crippen molar-refractivity contribution in [2.75, 3.05) is 16.9 Å². The minimum Gasteiger partial charge on any atom is -0.476 e. The Morgan fingerprint density at radius 1 is 1.19 bits per heavy atom. The van der Waals surface area contributed by atoms with E-state index in [1.54, 1.807) is 23.9 Å². The molecule has 2 rings (SSSR count). The zero-order valence-electron chi connectivity index (χ0n) is 11.2. The van der Waals surface area contributed by atoms with Gasteiger partial charge in [0.05, 0.1) is 5.69 Å². The number of carbonyl (C=O) groups excluding carboxylic acids is 1. The molecule has 2 amide bonds. The van der Waals surface area contributed by atoms with Crippen molar-refractivity contribution in [1.82, 2.24) is 4.98 Å². The molecular weight excluding hydrogens is 290 g/mol. The molecule has 7 heteroatoms. The van der Waals surface area contributed by atoms with Crippen LogP contribution in [0.5, 0.6) is 0 Å². The summed E-state index contributed by atoms with van der Waals surface area (Å²) in [5.41, 5.74) is 0.564. The predicted molar refractivity (Wildman–Crippen MR) is 82.1 cm³/mol. The number of nitrogens with zero attached hydrogens (tertiary/aromatic N) is 1. The number of pyridine rings is 1. The van der Waals surface area contributed by atoms with Gasteiger partial charge >= 0.3 is 12.0 Å². The molecule has 1 heterocycles. The second-order valence-electron chi connectivity index (χ2n) is 4.02. The van der Waals surface area contributed by atoms with E-state index in [-0.39, 0.29) is 11.4 Å². The molecule has 6 nitrogen and oxygen atoms in total. The third-order valence-electron chi connectivity index (χ3n) is 2.59. The van der Waals surface area contributed by atoms with E-state index in [0.717, 1.165) is 4.90 Å². The molecule has 0 aliphatic heterocycles. The first-order valence-electron chi connectivity index (χ1n) is 6.00. The highest BCUT2D eigenvalue weighted by atomic mass is 32.2. The Morgan fingerprint density at radius 2 is 2.00 bits per heavy atom. The second-order valence-corrected chi connectivity index (χ2v) is 4.90. The van der Waals surface area contributed by atoms with E-state index in [0.29, 0.717) is 5.69 Å². The Bertz CT molecular complexity index is 676. The summed E-state index contributed by atoms with van der Waals surface area (Å²) in [4.78, 5) is 27.6. The Morgan fingerprint density at radius 3 is 2.71 bits per heavy atom. The summed E-state index contributed by atoms with van der Waals surface area (Å²) in [6.45, 7) is 0. The summed E-state index contributed by atoms with van der Waals surface area (Å²) in [7, 11) is 0. The lowest BCUT2D eigenvalue weighted by Gasteiger charge is -2.09. The highest BCUT2D eigenvalue weighted by molar-refractivity contribution is 7.98. The summed E-state index contributed by atoms with van der Waals surface area (Å²) in [6, 6.07) is 9.84. The number of hydrogen-bond acceptors (Lipinski definition) is 4. The number of nitrogens with one attached hydrogen (secondary N) is 2. The van der Waals surface area contributed by atoms with Gasteiger partial charge in [0.25, 0.3) is 0 Å². The first-order valence-corrected chi connectivity index (χ1v) is 7.23. The first kappa shape index (κ1) is 14.9. The van der Waals surface area contributed by atoms with Crippen molar-refractivity contribution in [1.29, 1.82) is 0 Å². The van der Waals surface area contributed by atoms with Gasteiger partial charge < -0.3 is 15.7 Å². The van der Waals surface area contributed by atoms with Crippen LogP contribution in [0, 0.1) is 0 Å². The predicted octanol–water partition coefficient (Wildman–Crippen LogP) is 3.15. The van der Waals surface area contributed by atoms with Gasteiger partial charge in [0.15, 0.2) is 5.69 Å². The number of rotatable bonds is 4. The van der Waals surface area contributed by atoms with Crippen molar-refractivity contribution in [3.05, 3.63) is 48.3 Å². The van der Waals surface area contributed by atoms with E-state index in [1.807, 2.05) is 24.5 Å². The lowest BCUT2D eigenvalue weighted by Crippen LogP contribution is -2.21. The SMILES string of the molecule is CSc1cccc(NC(=O)Nc2cccnc2C(=O)O)c1. The standard InChI is InChI=1S/C14H13N3O3S/c1-21-10-5-2-4-9(8-10)16-14(20)17-11-6-3-7-15-12(11)13(18)19/h2-8H,1H3,(H,18,19)(H2,16,17,20). The van der Waals surface area contributed by atoms with Gasteiger partial charge in [-0.25, -0.2) is 14.6 Å². The van der Waals surface area contributed by atoms with Crippen LogP contribution in [-0.2, 0) is 0 Å². The van der Waals surface area contributed by atoms with Gasteiger partial charge in [-0.3, -0.25) is 0 Å². The monoisotopic (exact) mass is 303 g/mol. The number of thioether (sulfide) groups is 1. The van der Waals surface area contributed by atoms with Gasteiger partial charge in [-0.15, -0.1) is 11.8 Å². The Balaban J connectivity index is 2.10. The number of aromatic carboxylic acids is 1. The molecule has 0 spiro atoms. The first-order chi connectivity index (χ1) is 10.1. The number of anilines is 2. The molecule has 0 radical (unpaired) electrons. The van der Waals surface area contributed by atoms with Crippen LogP contribution >= 0.6 is 11.8 Å². The topological polar surface area (TPSA) is 91.3 Å². The van der Waals surface area contributed by atoms with Gasteiger partial charge in [0, 0.05) is 16.8 Å². The molecule has 21 heavy (non-hydrogen) atoms. The minimum atomic E-state index is -1.20. The van der Waals surface area contributed by atoms with Crippen LogP contribution in [0.3, 0.4) is 0 Å². The van der Waals surface area contributed by atoms with Crippen LogP contribution in [0.4, 0.5) is 16.2 Å². The number of carboxylic acid groups (broad SMARTS) is 1. The molecule has 0 saturated carbocycles. The van der Waals surface area contributed by atoms with Gasteiger partial charge in [-0.05, 0) is 36.6 Å². The molecule has 0 aliphatic rings. The van der Waals surface area contributed by atoms with E-state index < -0.39 is 12.0 Å². The number of carboxylic acids is 1. The molecule has 1 aromatic carbocycles. The van der Waals surface area contributed by atoms with E-state index in [2.05, 4.69) is 15.6 Å². The van der Waals surface area contributed by atoms with E-state index >= 15 is 0 Å². The average molecular weight is 303 g/mol. The van der Waals surface area contributed by atoms with Crippen LogP contribution in [0.1, 0.15) is 10.5 Å². The van der Waals surface area contributed by atoms with Crippen molar-refractivity contribution in [2.24, 2.45) is 0 Å². The fourth-order valence-electron chi connectivity index (χ4n) is 1.66. The molecular formula is C14H13N3O3S. The van der Waals surface area contributed by atoms with Crippen LogP contribution in [0.2, 0.25) is 0 Å². The van der Waals surface area contributed by atoms with Crippen LogP contribution in [0.15, 0.2) is 47.5 Å². The molecule has 3 N–H and O–H groups in total. The number of benzene rings is 1. The molecule has 0 unspecified atom stereocenters. The summed E-state index contributed by atoms with van der Waals surface area (Å²) in [5.74, 6) is -1.20. The summed E-state index contributed by atoms with van der Waals surface area (Å²) < 4.78 is 0. The highest BCUT2D eigenvalue weighted by Crippen LogP contribution is 2.19. The number of urea groups is 1. The maximum atomic E-state index is 11.9. The summed E-state index contributed by atoms with van der Waals surface area (Å²) >= 11 is 1.56. The van der Waals surface area contributed by atoms with Gasteiger partial charge in [0.1, 0.15) is 0 Å². The van der Waals surface area contributed by atoms with Crippen molar-refractivity contribution in [2.45, 2.75) is 4.90 Å². The molecule has 0 fully saturated rings. The normalized spacial score (nSPS) is 9.95. The molecule has 1 aromatic heterocycles. The van der Waals surface area contributed by atoms with E-state index in [4.69, 9.17) is 5.11 Å². The molecule has 0 saturated heterocycles. The maximum absolute atomic E-state index is 11.9. The smallest absolute Gasteiger partial charge is 0.356 e. The van der Waals surface area contributed by atoms with E-state index in [9.17, 15) is 9.59 Å². The fourth-order valence-corrected chi connectivity index (χ4v) is 2.12. The molecule has 0 aliphatic carbocycles. The van der Waals surface area contributed by atoms with Crippen LogP contribution in [0.25, 0.3) is 0 Å². The summed E-state index contributed by atoms with van der Waals surface area (Å²) in [6.07, 6.45) is 3.29. The second kappa shape index (κ2) is 6.76. The van der Waals surface area contributed by atoms with Crippen LogP contribution in [-0.4, -0.2) is 28.3 Å². The van der Waals surface area contributed by atoms with Crippen LogP contribution < -0.4 is 10.6 Å².